The Hall–Kier alpha value is -3.92. The maximum absolute atomic E-state index is 13.8. The zero-order valence-corrected chi connectivity index (χ0v) is 25.8. The number of fused-ring (bicyclic) bond motifs is 1. The van der Waals surface area contributed by atoms with Gasteiger partial charge in [0.1, 0.15) is 17.6 Å². The smallest absolute Gasteiger partial charge is 0.258 e. The number of anilines is 1. The van der Waals surface area contributed by atoms with Crippen molar-refractivity contribution >= 4 is 17.5 Å². The molecule has 44 heavy (non-hydrogen) atoms. The van der Waals surface area contributed by atoms with Gasteiger partial charge in [0.15, 0.2) is 5.75 Å². The first-order valence-corrected chi connectivity index (χ1v) is 15.4. The molecule has 3 atom stereocenters. The number of carbonyl (C=O) groups is 2. The summed E-state index contributed by atoms with van der Waals surface area (Å²) in [4.78, 5) is 30.9. The number of hydrogen-bond acceptors (Lipinski definition) is 7. The third kappa shape index (κ3) is 7.77. The van der Waals surface area contributed by atoms with E-state index in [0.717, 1.165) is 17.1 Å². The van der Waals surface area contributed by atoms with Crippen LogP contribution in [0.4, 0.5) is 5.69 Å². The molecule has 0 aromatic heterocycles. The van der Waals surface area contributed by atoms with Crippen LogP contribution in [0.1, 0.15) is 42.6 Å². The van der Waals surface area contributed by atoms with Crippen LogP contribution < -0.4 is 14.8 Å². The topological polar surface area (TPSA) is 101 Å². The molecule has 2 aliphatic heterocycles. The molecule has 0 bridgehead atoms. The van der Waals surface area contributed by atoms with Gasteiger partial charge >= 0.3 is 0 Å². The summed E-state index contributed by atoms with van der Waals surface area (Å²) in [5.41, 5.74) is 1.99. The number of nitrogens with zero attached hydrogens (tertiary/aromatic N) is 2. The molecule has 2 heterocycles. The van der Waals surface area contributed by atoms with Crippen molar-refractivity contribution in [1.29, 1.82) is 0 Å². The average Bonchev–Trinajstić information content (AvgIpc) is 3.04. The molecule has 0 unspecified atom stereocenters. The largest absolute Gasteiger partial charge is 0.486 e. The molecule has 9 nitrogen and oxygen atoms in total. The number of aliphatic hydroxyl groups excluding tert-OH is 1. The van der Waals surface area contributed by atoms with Gasteiger partial charge in [-0.25, -0.2) is 0 Å². The van der Waals surface area contributed by atoms with E-state index < -0.39 is 0 Å². The quantitative estimate of drug-likeness (QED) is 0.330. The van der Waals surface area contributed by atoms with Crippen molar-refractivity contribution in [1.82, 2.24) is 9.80 Å². The monoisotopic (exact) mass is 601 g/mol. The van der Waals surface area contributed by atoms with Crippen molar-refractivity contribution in [2.45, 2.75) is 45.4 Å². The van der Waals surface area contributed by atoms with Crippen molar-refractivity contribution in [3.05, 3.63) is 83.9 Å². The highest BCUT2D eigenvalue weighted by Gasteiger charge is 2.35. The minimum Gasteiger partial charge on any atom is -0.486 e. The number of aliphatic hydroxyl groups is 1. The number of carbonyl (C=O) groups excluding carboxylic acids is 2. The third-order valence-corrected chi connectivity index (χ3v) is 8.39. The zero-order valence-electron chi connectivity index (χ0n) is 25.8. The van der Waals surface area contributed by atoms with E-state index in [4.69, 9.17) is 14.2 Å². The first kappa shape index (κ1) is 31.5. The van der Waals surface area contributed by atoms with E-state index in [2.05, 4.69) is 29.3 Å². The molecule has 1 saturated heterocycles. The minimum absolute atomic E-state index is 0.0514. The molecule has 9 heteroatoms. The van der Waals surface area contributed by atoms with Crippen LogP contribution >= 0.6 is 0 Å². The number of para-hydroxylation sites is 2. The summed E-state index contributed by atoms with van der Waals surface area (Å²) < 4.78 is 18.1. The van der Waals surface area contributed by atoms with Gasteiger partial charge in [0, 0.05) is 44.7 Å². The van der Waals surface area contributed by atoms with Crippen LogP contribution in [0.15, 0.2) is 72.8 Å². The second-order valence-corrected chi connectivity index (χ2v) is 11.9. The maximum atomic E-state index is 13.8. The van der Waals surface area contributed by atoms with Gasteiger partial charge in [-0.3, -0.25) is 14.5 Å². The lowest BCUT2D eigenvalue weighted by Gasteiger charge is -2.38. The predicted octanol–water partition coefficient (Wildman–Crippen LogP) is 5.20. The van der Waals surface area contributed by atoms with Gasteiger partial charge in [-0.05, 0) is 68.8 Å². The lowest BCUT2D eigenvalue weighted by Crippen LogP contribution is -2.49. The van der Waals surface area contributed by atoms with Crippen LogP contribution in [0.3, 0.4) is 0 Å². The fraction of sp³-hybridized carbons (Fsp3) is 0.429. The van der Waals surface area contributed by atoms with E-state index in [1.165, 1.54) is 0 Å². The Labute approximate surface area is 259 Å². The van der Waals surface area contributed by atoms with Crippen LogP contribution in [-0.4, -0.2) is 78.8 Å². The zero-order chi connectivity index (χ0) is 31.1. The average molecular weight is 602 g/mol. The van der Waals surface area contributed by atoms with Crippen molar-refractivity contribution in [3.8, 4) is 17.2 Å². The number of benzene rings is 3. The summed E-state index contributed by atoms with van der Waals surface area (Å²) in [5.74, 6) is 1.42. The highest BCUT2D eigenvalue weighted by molar-refractivity contribution is 6.02. The van der Waals surface area contributed by atoms with Crippen molar-refractivity contribution in [3.63, 3.8) is 0 Å². The second-order valence-electron chi connectivity index (χ2n) is 11.9. The molecule has 1 fully saturated rings. The number of rotatable bonds is 10. The van der Waals surface area contributed by atoms with Crippen molar-refractivity contribution in [2.24, 2.45) is 11.8 Å². The molecule has 3 aromatic carbocycles. The fourth-order valence-corrected chi connectivity index (χ4v) is 5.73. The number of amides is 2. The van der Waals surface area contributed by atoms with E-state index in [-0.39, 0.29) is 42.4 Å². The molecule has 0 aliphatic carbocycles. The second kappa shape index (κ2) is 14.7. The standard InChI is InChI=1S/C35H43N3O6/c1-24-20-38(25(2)23-39)35(41)30-10-7-11-31(36-34(40)27-16-18-42-19-17-27)33(30)44-32(24)22-37(3)21-26-12-14-29(15-13-26)43-28-8-5-4-6-9-28/h4-15,24-25,27,32,39H,16-23H2,1-3H3,(H,36,40)/t24-,25+,32-/m1/s1. The summed E-state index contributed by atoms with van der Waals surface area (Å²) >= 11 is 0. The SMILES string of the molecule is C[C@@H]1CN([C@@H](C)CO)C(=O)c2cccc(NC(=O)C3CCOCC3)c2O[C@@H]1CN(C)Cc1ccc(Oc2ccccc2)cc1. The summed E-state index contributed by atoms with van der Waals surface area (Å²) in [7, 11) is 2.04. The number of nitrogens with one attached hydrogen (secondary N) is 1. The van der Waals surface area contributed by atoms with Crippen LogP contribution in [0.25, 0.3) is 0 Å². The molecule has 0 spiro atoms. The van der Waals surface area contributed by atoms with Gasteiger partial charge in [0.2, 0.25) is 5.91 Å². The minimum atomic E-state index is -0.369. The van der Waals surface area contributed by atoms with Crippen molar-refractivity contribution < 1.29 is 28.9 Å². The van der Waals surface area contributed by atoms with E-state index in [9.17, 15) is 14.7 Å². The van der Waals surface area contributed by atoms with E-state index in [1.54, 1.807) is 23.1 Å². The van der Waals surface area contributed by atoms with Gasteiger partial charge in [-0.1, -0.05) is 43.3 Å². The lowest BCUT2D eigenvalue weighted by molar-refractivity contribution is -0.122. The Morgan fingerprint density at radius 3 is 2.45 bits per heavy atom. The van der Waals surface area contributed by atoms with Gasteiger partial charge in [-0.2, -0.15) is 0 Å². The summed E-state index contributed by atoms with van der Waals surface area (Å²) in [6.07, 6.45) is 1.03. The number of likely N-dealkylation sites (N-methyl/N-ethyl adjacent to an activating group) is 1. The fourth-order valence-electron chi connectivity index (χ4n) is 5.73. The van der Waals surface area contributed by atoms with Gasteiger partial charge in [0.25, 0.3) is 5.91 Å². The Bertz CT molecular complexity index is 1390. The molecular weight excluding hydrogens is 558 g/mol. The van der Waals surface area contributed by atoms with Gasteiger partial charge in [-0.15, -0.1) is 0 Å². The molecule has 0 radical (unpaired) electrons. The van der Waals surface area contributed by atoms with Crippen LogP contribution in [0.5, 0.6) is 17.2 Å². The highest BCUT2D eigenvalue weighted by Crippen LogP contribution is 2.35. The molecule has 234 valence electrons. The summed E-state index contributed by atoms with van der Waals surface area (Å²) in [5, 5.41) is 13.0. The van der Waals surface area contributed by atoms with E-state index in [1.807, 2.05) is 56.4 Å². The number of hydrogen-bond donors (Lipinski definition) is 2. The highest BCUT2D eigenvalue weighted by atomic mass is 16.5. The van der Waals surface area contributed by atoms with Crippen LogP contribution in [0.2, 0.25) is 0 Å². The first-order chi connectivity index (χ1) is 21.3. The third-order valence-electron chi connectivity index (χ3n) is 8.39. The molecule has 0 saturated carbocycles. The Morgan fingerprint density at radius 1 is 1.05 bits per heavy atom. The lowest BCUT2D eigenvalue weighted by atomic mass is 9.98. The van der Waals surface area contributed by atoms with Crippen LogP contribution in [0, 0.1) is 11.8 Å². The normalized spacial score (nSPS) is 19.8. The summed E-state index contributed by atoms with van der Waals surface area (Å²) in [6, 6.07) is 22.6. The molecular formula is C35H43N3O6. The Kier molecular flexibility index (Phi) is 10.5. The van der Waals surface area contributed by atoms with E-state index >= 15 is 0 Å². The van der Waals surface area contributed by atoms with Crippen molar-refractivity contribution in [2.75, 3.05) is 45.3 Å². The molecule has 2 aliphatic rings. The number of ether oxygens (including phenoxy) is 3. The van der Waals surface area contributed by atoms with Gasteiger partial charge in [0.05, 0.1) is 23.9 Å². The van der Waals surface area contributed by atoms with E-state index in [0.29, 0.717) is 62.7 Å². The van der Waals surface area contributed by atoms with Gasteiger partial charge < -0.3 is 29.5 Å². The maximum Gasteiger partial charge on any atom is 0.258 e. The Morgan fingerprint density at radius 2 is 1.75 bits per heavy atom. The predicted molar refractivity (Wildman–Crippen MR) is 169 cm³/mol. The molecule has 2 N–H and O–H groups in total. The Balaban J connectivity index is 1.34. The molecule has 3 aromatic rings. The molecule has 5 rings (SSSR count). The first-order valence-electron chi connectivity index (χ1n) is 15.4. The molecule has 2 amide bonds. The summed E-state index contributed by atoms with van der Waals surface area (Å²) in [6.45, 7) is 6.57. The van der Waals surface area contributed by atoms with Crippen LogP contribution in [-0.2, 0) is 16.1 Å².